The second-order valence-electron chi connectivity index (χ2n) is 6.29. The second-order valence-corrected chi connectivity index (χ2v) is 6.29. The molecule has 22 heavy (non-hydrogen) atoms. The van der Waals surface area contributed by atoms with Gasteiger partial charge in [0.2, 0.25) is 0 Å². The summed E-state index contributed by atoms with van der Waals surface area (Å²) in [6.07, 6.45) is 0. The average molecular weight is 297 g/mol. The summed E-state index contributed by atoms with van der Waals surface area (Å²) in [5, 5.41) is 13.2. The van der Waals surface area contributed by atoms with Gasteiger partial charge >= 0.3 is 0 Å². The summed E-state index contributed by atoms with van der Waals surface area (Å²) in [5.74, 6) is 0.676. The number of aliphatic hydroxyl groups is 1. The number of hydrogen-bond donors (Lipinski definition) is 2. The Labute approximate surface area is 134 Å². The van der Waals surface area contributed by atoms with Crippen LogP contribution in [0.3, 0.4) is 0 Å². The van der Waals surface area contributed by atoms with Crippen molar-refractivity contribution in [2.24, 2.45) is 5.92 Å². The molecule has 0 aliphatic rings. The van der Waals surface area contributed by atoms with Crippen molar-refractivity contribution in [2.45, 2.75) is 38.8 Å². The number of nitrogens with one attached hydrogen (secondary N) is 1. The summed E-state index contributed by atoms with van der Waals surface area (Å²) < 4.78 is 0. The summed E-state index contributed by atoms with van der Waals surface area (Å²) in [5.41, 5.74) is 2.60. The van der Waals surface area contributed by atoms with Gasteiger partial charge in [0.05, 0.1) is 6.61 Å². The quantitative estimate of drug-likeness (QED) is 0.814. The van der Waals surface area contributed by atoms with Crippen molar-refractivity contribution in [2.75, 3.05) is 6.61 Å². The van der Waals surface area contributed by atoms with E-state index in [4.69, 9.17) is 0 Å². The topological polar surface area (TPSA) is 32.3 Å². The molecule has 0 aliphatic carbocycles. The molecule has 0 fully saturated rings. The van der Waals surface area contributed by atoms with Crippen molar-refractivity contribution in [1.29, 1.82) is 0 Å². The summed E-state index contributed by atoms with van der Waals surface area (Å²) in [6, 6.07) is 21.5. The number of aliphatic hydroxyl groups excluding tert-OH is 1. The standard InChI is InChI=1S/C20H27NO/c1-15(2)19(14-22)21-16(3)20(17-10-6-4-7-11-17)18-12-8-5-9-13-18/h4-13,15-16,19-22H,14H2,1-3H3/t16-,19+/m0/s1. The molecule has 118 valence electrons. The normalized spacial score (nSPS) is 14.3. The molecule has 0 aromatic heterocycles. The third kappa shape index (κ3) is 4.19. The van der Waals surface area contributed by atoms with Crippen LogP contribution < -0.4 is 5.32 Å². The van der Waals surface area contributed by atoms with Crippen molar-refractivity contribution in [3.05, 3.63) is 71.8 Å². The summed E-state index contributed by atoms with van der Waals surface area (Å²) in [7, 11) is 0. The molecule has 2 atom stereocenters. The van der Waals surface area contributed by atoms with Crippen LogP contribution in [0.2, 0.25) is 0 Å². The highest BCUT2D eigenvalue weighted by Gasteiger charge is 2.24. The lowest BCUT2D eigenvalue weighted by molar-refractivity contribution is 0.198. The molecule has 2 N–H and O–H groups in total. The van der Waals surface area contributed by atoms with Gasteiger partial charge in [-0.2, -0.15) is 0 Å². The Morgan fingerprint density at radius 3 is 1.64 bits per heavy atom. The van der Waals surface area contributed by atoms with Crippen molar-refractivity contribution in [3.8, 4) is 0 Å². The first-order valence-electron chi connectivity index (χ1n) is 8.10. The Balaban J connectivity index is 2.29. The van der Waals surface area contributed by atoms with E-state index < -0.39 is 0 Å². The Bertz CT molecular complexity index is 499. The maximum atomic E-state index is 9.61. The van der Waals surface area contributed by atoms with Crippen LogP contribution in [0.1, 0.15) is 37.8 Å². The molecule has 0 bridgehead atoms. The van der Waals surface area contributed by atoms with E-state index in [0.717, 1.165) is 0 Å². The highest BCUT2D eigenvalue weighted by Crippen LogP contribution is 2.28. The molecule has 0 saturated heterocycles. The molecule has 0 aliphatic heterocycles. The van der Waals surface area contributed by atoms with Gasteiger partial charge in [-0.05, 0) is 24.0 Å². The van der Waals surface area contributed by atoms with Crippen molar-refractivity contribution >= 4 is 0 Å². The summed E-state index contributed by atoms with van der Waals surface area (Å²) in [4.78, 5) is 0. The number of hydrogen-bond acceptors (Lipinski definition) is 2. The maximum absolute atomic E-state index is 9.61. The fourth-order valence-electron chi connectivity index (χ4n) is 2.98. The van der Waals surface area contributed by atoms with Crippen LogP contribution in [-0.4, -0.2) is 23.8 Å². The molecular formula is C20H27NO. The zero-order valence-electron chi connectivity index (χ0n) is 13.7. The summed E-state index contributed by atoms with van der Waals surface area (Å²) in [6.45, 7) is 6.65. The van der Waals surface area contributed by atoms with Gasteiger partial charge in [0.15, 0.2) is 0 Å². The zero-order valence-corrected chi connectivity index (χ0v) is 13.7. The lowest BCUT2D eigenvalue weighted by Gasteiger charge is -2.31. The maximum Gasteiger partial charge on any atom is 0.0587 e. The van der Waals surface area contributed by atoms with Crippen LogP contribution in [0.4, 0.5) is 0 Å². The Morgan fingerprint density at radius 1 is 0.818 bits per heavy atom. The van der Waals surface area contributed by atoms with E-state index in [2.05, 4.69) is 74.6 Å². The van der Waals surface area contributed by atoms with E-state index >= 15 is 0 Å². The third-order valence-electron chi connectivity index (χ3n) is 4.30. The fraction of sp³-hybridized carbons (Fsp3) is 0.400. The molecule has 2 nitrogen and oxygen atoms in total. The SMILES string of the molecule is CC(C)[C@@H](CO)N[C@@H](C)C(c1ccccc1)c1ccccc1. The smallest absolute Gasteiger partial charge is 0.0587 e. The van der Waals surface area contributed by atoms with E-state index in [1.807, 2.05) is 12.1 Å². The monoisotopic (exact) mass is 297 g/mol. The predicted molar refractivity (Wildman–Crippen MR) is 93.0 cm³/mol. The molecule has 0 saturated carbocycles. The molecule has 0 spiro atoms. The molecule has 0 radical (unpaired) electrons. The molecule has 2 heteroatoms. The van der Waals surface area contributed by atoms with E-state index in [9.17, 15) is 5.11 Å². The van der Waals surface area contributed by atoms with Gasteiger partial charge in [0.1, 0.15) is 0 Å². The lowest BCUT2D eigenvalue weighted by atomic mass is 9.85. The van der Waals surface area contributed by atoms with Gasteiger partial charge in [-0.15, -0.1) is 0 Å². The van der Waals surface area contributed by atoms with Gasteiger partial charge in [-0.3, -0.25) is 0 Å². The van der Waals surface area contributed by atoms with Gasteiger partial charge < -0.3 is 10.4 Å². The first kappa shape index (κ1) is 16.7. The van der Waals surface area contributed by atoms with Crippen LogP contribution >= 0.6 is 0 Å². The molecule has 0 amide bonds. The molecule has 2 rings (SSSR count). The first-order valence-corrected chi connectivity index (χ1v) is 8.10. The van der Waals surface area contributed by atoms with E-state index in [-0.39, 0.29) is 24.6 Å². The predicted octanol–water partition coefficient (Wildman–Crippen LogP) is 3.81. The minimum absolute atomic E-state index is 0.116. The van der Waals surface area contributed by atoms with Gasteiger partial charge in [0.25, 0.3) is 0 Å². The first-order chi connectivity index (χ1) is 10.6. The van der Waals surface area contributed by atoms with Crippen LogP contribution in [0, 0.1) is 5.92 Å². The van der Waals surface area contributed by atoms with E-state index in [1.165, 1.54) is 11.1 Å². The highest BCUT2D eigenvalue weighted by atomic mass is 16.3. The fourth-order valence-corrected chi connectivity index (χ4v) is 2.98. The summed E-state index contributed by atoms with van der Waals surface area (Å²) >= 11 is 0. The zero-order chi connectivity index (χ0) is 15.9. The van der Waals surface area contributed by atoms with Gasteiger partial charge in [-0.1, -0.05) is 74.5 Å². The third-order valence-corrected chi connectivity index (χ3v) is 4.30. The van der Waals surface area contributed by atoms with Gasteiger partial charge in [-0.25, -0.2) is 0 Å². The lowest BCUT2D eigenvalue weighted by Crippen LogP contribution is -2.45. The number of benzene rings is 2. The number of rotatable bonds is 7. The highest BCUT2D eigenvalue weighted by molar-refractivity contribution is 5.34. The Morgan fingerprint density at radius 2 is 1.27 bits per heavy atom. The van der Waals surface area contributed by atoms with Crippen LogP contribution in [0.25, 0.3) is 0 Å². The van der Waals surface area contributed by atoms with Crippen molar-refractivity contribution in [1.82, 2.24) is 5.32 Å². The largest absolute Gasteiger partial charge is 0.395 e. The van der Waals surface area contributed by atoms with Gasteiger partial charge in [0, 0.05) is 18.0 Å². The van der Waals surface area contributed by atoms with Crippen molar-refractivity contribution in [3.63, 3.8) is 0 Å². The molecule has 0 unspecified atom stereocenters. The Kier molecular flexibility index (Phi) is 6.17. The Hall–Kier alpha value is -1.64. The molecule has 0 heterocycles. The van der Waals surface area contributed by atoms with E-state index in [1.54, 1.807) is 0 Å². The van der Waals surface area contributed by atoms with Crippen LogP contribution in [0.15, 0.2) is 60.7 Å². The molecule has 2 aromatic carbocycles. The van der Waals surface area contributed by atoms with Crippen LogP contribution in [0.5, 0.6) is 0 Å². The minimum Gasteiger partial charge on any atom is -0.395 e. The van der Waals surface area contributed by atoms with E-state index in [0.29, 0.717) is 5.92 Å². The second kappa shape index (κ2) is 8.11. The molecular weight excluding hydrogens is 270 g/mol. The average Bonchev–Trinajstić information content (AvgIpc) is 2.54. The van der Waals surface area contributed by atoms with Crippen LogP contribution in [-0.2, 0) is 0 Å². The molecule has 2 aromatic rings. The van der Waals surface area contributed by atoms with Crippen molar-refractivity contribution < 1.29 is 5.11 Å². The minimum atomic E-state index is 0.116.